The Labute approximate surface area is 163 Å². The molecule has 0 bridgehead atoms. The summed E-state index contributed by atoms with van der Waals surface area (Å²) in [6, 6.07) is 4.81. The number of likely N-dealkylation sites (tertiary alicyclic amines) is 1. The highest BCUT2D eigenvalue weighted by Crippen LogP contribution is 2.31. The van der Waals surface area contributed by atoms with E-state index in [0.29, 0.717) is 0 Å². The standard InChI is InChI=1S/C18H26F3N3O2.ClH/c1-17(2)12-24(8-6-15(17)22)11-16(25)23-7-9-26-14-5-3-4-13(10-14)18(19,20)21;/h3-5,10,15H,6-9,11-12,22H2,1-2H3,(H,23,25);1H. The molecule has 1 aromatic rings. The second kappa shape index (κ2) is 9.61. The molecule has 3 N–H and O–H groups in total. The molecule has 0 aromatic heterocycles. The number of carbonyl (C=O) groups is 1. The Balaban J connectivity index is 0.00000364. The molecular weight excluding hydrogens is 383 g/mol. The molecule has 1 fully saturated rings. The summed E-state index contributed by atoms with van der Waals surface area (Å²) in [4.78, 5) is 14.1. The van der Waals surface area contributed by atoms with Gasteiger partial charge in [-0.1, -0.05) is 19.9 Å². The lowest BCUT2D eigenvalue weighted by Crippen LogP contribution is -2.54. The van der Waals surface area contributed by atoms with E-state index in [2.05, 4.69) is 24.1 Å². The summed E-state index contributed by atoms with van der Waals surface area (Å²) in [5.74, 6) is -0.00949. The van der Waals surface area contributed by atoms with Crippen molar-refractivity contribution in [2.45, 2.75) is 32.5 Å². The first-order valence-electron chi connectivity index (χ1n) is 8.62. The molecule has 1 aliphatic heterocycles. The Hall–Kier alpha value is -1.51. The average Bonchev–Trinajstić information content (AvgIpc) is 2.54. The summed E-state index contributed by atoms with van der Waals surface area (Å²) >= 11 is 0. The fourth-order valence-electron chi connectivity index (χ4n) is 3.00. The van der Waals surface area contributed by atoms with Crippen LogP contribution in [-0.2, 0) is 11.0 Å². The number of nitrogens with zero attached hydrogens (tertiary/aromatic N) is 1. The maximum absolute atomic E-state index is 12.6. The molecule has 0 radical (unpaired) electrons. The average molecular weight is 410 g/mol. The van der Waals surface area contributed by atoms with E-state index in [1.54, 1.807) is 0 Å². The zero-order chi connectivity index (χ0) is 19.4. The van der Waals surface area contributed by atoms with E-state index in [0.717, 1.165) is 31.6 Å². The first-order chi connectivity index (χ1) is 12.1. The minimum Gasteiger partial charge on any atom is -0.492 e. The summed E-state index contributed by atoms with van der Waals surface area (Å²) in [5, 5.41) is 2.72. The van der Waals surface area contributed by atoms with Gasteiger partial charge in [-0.05, 0) is 30.0 Å². The topological polar surface area (TPSA) is 67.6 Å². The van der Waals surface area contributed by atoms with E-state index >= 15 is 0 Å². The van der Waals surface area contributed by atoms with Gasteiger partial charge >= 0.3 is 6.18 Å². The van der Waals surface area contributed by atoms with E-state index in [4.69, 9.17) is 10.5 Å². The number of nitrogens with one attached hydrogen (secondary N) is 1. The van der Waals surface area contributed by atoms with Gasteiger partial charge in [0.2, 0.25) is 5.91 Å². The van der Waals surface area contributed by atoms with Crippen molar-refractivity contribution in [3.8, 4) is 5.75 Å². The van der Waals surface area contributed by atoms with Gasteiger partial charge in [-0.3, -0.25) is 9.69 Å². The van der Waals surface area contributed by atoms with Crippen molar-refractivity contribution in [2.24, 2.45) is 11.1 Å². The smallest absolute Gasteiger partial charge is 0.416 e. The Morgan fingerprint density at radius 2 is 2.11 bits per heavy atom. The van der Waals surface area contributed by atoms with Gasteiger partial charge in [0.25, 0.3) is 0 Å². The molecule has 1 aliphatic rings. The Kier molecular flexibility index (Phi) is 8.38. The minimum atomic E-state index is -4.40. The van der Waals surface area contributed by atoms with Crippen molar-refractivity contribution in [2.75, 3.05) is 32.8 Å². The van der Waals surface area contributed by atoms with Crippen LogP contribution < -0.4 is 15.8 Å². The van der Waals surface area contributed by atoms with Crippen LogP contribution >= 0.6 is 12.4 Å². The van der Waals surface area contributed by atoms with Gasteiger partial charge < -0.3 is 15.8 Å². The maximum Gasteiger partial charge on any atom is 0.416 e. The van der Waals surface area contributed by atoms with E-state index in [-0.39, 0.29) is 55.2 Å². The third-order valence-electron chi connectivity index (χ3n) is 4.61. The minimum absolute atomic E-state index is 0. The van der Waals surface area contributed by atoms with Crippen molar-refractivity contribution >= 4 is 18.3 Å². The predicted molar refractivity (Wildman–Crippen MR) is 100 cm³/mol. The van der Waals surface area contributed by atoms with Crippen LogP contribution in [0.1, 0.15) is 25.8 Å². The van der Waals surface area contributed by atoms with Crippen LogP contribution in [0.3, 0.4) is 0 Å². The van der Waals surface area contributed by atoms with Crippen LogP contribution in [0.15, 0.2) is 24.3 Å². The largest absolute Gasteiger partial charge is 0.492 e. The molecule has 1 atom stereocenters. The van der Waals surface area contributed by atoms with Gasteiger partial charge in [-0.2, -0.15) is 13.2 Å². The van der Waals surface area contributed by atoms with E-state index in [1.807, 2.05) is 0 Å². The van der Waals surface area contributed by atoms with Gasteiger partial charge in [-0.15, -0.1) is 12.4 Å². The number of alkyl halides is 3. The van der Waals surface area contributed by atoms with Gasteiger partial charge in [0.05, 0.1) is 18.7 Å². The number of nitrogens with two attached hydrogens (primary N) is 1. The molecule has 1 saturated heterocycles. The number of hydrogen-bond donors (Lipinski definition) is 2. The van der Waals surface area contributed by atoms with Crippen molar-refractivity contribution in [3.63, 3.8) is 0 Å². The van der Waals surface area contributed by atoms with Crippen molar-refractivity contribution in [1.29, 1.82) is 0 Å². The molecule has 1 amide bonds. The third kappa shape index (κ3) is 7.20. The lowest BCUT2D eigenvalue weighted by molar-refractivity contribution is -0.137. The SMILES string of the molecule is CC1(C)CN(CC(=O)NCCOc2cccc(C(F)(F)F)c2)CCC1N.Cl. The van der Waals surface area contributed by atoms with Crippen LogP contribution in [0.5, 0.6) is 5.75 Å². The third-order valence-corrected chi connectivity index (χ3v) is 4.61. The lowest BCUT2D eigenvalue weighted by atomic mass is 9.80. The van der Waals surface area contributed by atoms with Crippen molar-refractivity contribution in [1.82, 2.24) is 10.2 Å². The lowest BCUT2D eigenvalue weighted by Gasteiger charge is -2.42. The summed E-state index contributed by atoms with van der Waals surface area (Å²) in [6.45, 7) is 6.31. The fourth-order valence-corrected chi connectivity index (χ4v) is 3.00. The number of ether oxygens (including phenoxy) is 1. The first kappa shape index (κ1) is 23.5. The molecule has 154 valence electrons. The van der Waals surface area contributed by atoms with Crippen LogP contribution in [0, 0.1) is 5.41 Å². The summed E-state index contributed by atoms with van der Waals surface area (Å²) < 4.78 is 43.2. The van der Waals surface area contributed by atoms with Gasteiger partial charge in [0.15, 0.2) is 0 Å². The van der Waals surface area contributed by atoms with Crippen LogP contribution in [0.4, 0.5) is 13.2 Å². The summed E-state index contributed by atoms with van der Waals surface area (Å²) in [7, 11) is 0. The first-order valence-corrected chi connectivity index (χ1v) is 8.62. The fraction of sp³-hybridized carbons (Fsp3) is 0.611. The predicted octanol–water partition coefficient (Wildman–Crippen LogP) is 2.68. The van der Waals surface area contributed by atoms with Gasteiger partial charge in [-0.25, -0.2) is 0 Å². The monoisotopic (exact) mass is 409 g/mol. The number of carbonyl (C=O) groups excluding carboxylic acids is 1. The van der Waals surface area contributed by atoms with E-state index in [1.165, 1.54) is 12.1 Å². The summed E-state index contributed by atoms with van der Waals surface area (Å²) in [6.07, 6.45) is -3.56. The molecule has 0 aliphatic carbocycles. The number of benzene rings is 1. The number of halogens is 4. The molecule has 27 heavy (non-hydrogen) atoms. The van der Waals surface area contributed by atoms with Crippen LogP contribution in [0.25, 0.3) is 0 Å². The molecule has 1 unspecified atom stereocenters. The molecule has 0 saturated carbocycles. The highest BCUT2D eigenvalue weighted by molar-refractivity contribution is 5.85. The molecule has 1 aromatic carbocycles. The number of amides is 1. The van der Waals surface area contributed by atoms with Crippen molar-refractivity contribution in [3.05, 3.63) is 29.8 Å². The highest BCUT2D eigenvalue weighted by Gasteiger charge is 2.34. The maximum atomic E-state index is 12.6. The van der Waals surface area contributed by atoms with Crippen LogP contribution in [-0.4, -0.2) is 49.6 Å². The number of rotatable bonds is 6. The zero-order valence-electron chi connectivity index (χ0n) is 15.5. The van der Waals surface area contributed by atoms with Crippen LogP contribution in [0.2, 0.25) is 0 Å². The molecule has 2 rings (SSSR count). The Morgan fingerprint density at radius 3 is 2.74 bits per heavy atom. The normalized spacial score (nSPS) is 19.9. The Morgan fingerprint density at radius 1 is 1.41 bits per heavy atom. The van der Waals surface area contributed by atoms with Crippen molar-refractivity contribution < 1.29 is 22.7 Å². The second-order valence-electron chi connectivity index (χ2n) is 7.32. The number of piperidine rings is 1. The van der Waals surface area contributed by atoms with Gasteiger partial charge in [0, 0.05) is 19.1 Å². The van der Waals surface area contributed by atoms with E-state index in [9.17, 15) is 18.0 Å². The molecular formula is C18H27ClF3N3O2. The van der Waals surface area contributed by atoms with Gasteiger partial charge in [0.1, 0.15) is 12.4 Å². The van der Waals surface area contributed by atoms with E-state index < -0.39 is 11.7 Å². The molecule has 5 nitrogen and oxygen atoms in total. The number of hydrogen-bond acceptors (Lipinski definition) is 4. The second-order valence-corrected chi connectivity index (χ2v) is 7.32. The highest BCUT2D eigenvalue weighted by atomic mass is 35.5. The Bertz CT molecular complexity index is 626. The molecule has 0 spiro atoms. The molecule has 9 heteroatoms. The quantitative estimate of drug-likeness (QED) is 0.709. The summed E-state index contributed by atoms with van der Waals surface area (Å²) in [5.41, 5.74) is 5.29. The zero-order valence-corrected chi connectivity index (χ0v) is 16.3. The molecule has 1 heterocycles.